The minimum atomic E-state index is 0.0435. The van der Waals surface area contributed by atoms with Crippen molar-refractivity contribution in [1.82, 2.24) is 4.90 Å². The number of nitrogens with zero attached hydrogens (tertiary/aromatic N) is 3. The Morgan fingerprint density at radius 1 is 1.30 bits per heavy atom. The normalized spacial score (nSPS) is 9.70. The fraction of sp³-hybridized carbons (Fsp3) is 0.467. The highest BCUT2D eigenvalue weighted by Crippen LogP contribution is 2.26. The summed E-state index contributed by atoms with van der Waals surface area (Å²) in [5.74, 6) is 0.835. The lowest BCUT2D eigenvalue weighted by Crippen LogP contribution is -2.31. The average Bonchev–Trinajstić information content (AvgIpc) is 2.49. The second-order valence-electron chi connectivity index (χ2n) is 4.57. The quantitative estimate of drug-likeness (QED) is 0.762. The van der Waals surface area contributed by atoms with Crippen LogP contribution in [0.25, 0.3) is 0 Å². The minimum Gasteiger partial charge on any atom is -0.495 e. The van der Waals surface area contributed by atoms with E-state index in [-0.39, 0.29) is 5.91 Å². The van der Waals surface area contributed by atoms with Gasteiger partial charge in [0.1, 0.15) is 5.75 Å². The average molecular weight is 275 g/mol. The topological polar surface area (TPSA) is 56.6 Å². The number of anilines is 1. The van der Waals surface area contributed by atoms with Crippen LogP contribution in [0.5, 0.6) is 5.75 Å². The van der Waals surface area contributed by atoms with E-state index in [2.05, 4.69) is 0 Å². The minimum absolute atomic E-state index is 0.0435. The van der Waals surface area contributed by atoms with Gasteiger partial charge in [-0.25, -0.2) is 0 Å². The Morgan fingerprint density at radius 3 is 2.65 bits per heavy atom. The van der Waals surface area contributed by atoms with E-state index in [1.54, 1.807) is 19.1 Å². The molecule has 1 rings (SSSR count). The van der Waals surface area contributed by atoms with Crippen LogP contribution >= 0.6 is 0 Å². The number of nitriles is 1. The lowest BCUT2D eigenvalue weighted by Gasteiger charge is -2.23. The van der Waals surface area contributed by atoms with Crippen LogP contribution in [0.3, 0.4) is 0 Å². The third-order valence-electron chi connectivity index (χ3n) is 3.14. The van der Waals surface area contributed by atoms with Crippen LogP contribution in [0, 0.1) is 11.3 Å². The van der Waals surface area contributed by atoms with Crippen LogP contribution in [0.15, 0.2) is 24.3 Å². The van der Waals surface area contributed by atoms with Crippen LogP contribution in [0.4, 0.5) is 5.69 Å². The van der Waals surface area contributed by atoms with Crippen LogP contribution < -0.4 is 9.64 Å². The number of carbonyl (C=O) groups is 1. The number of amides is 1. The van der Waals surface area contributed by atoms with E-state index < -0.39 is 0 Å². The van der Waals surface area contributed by atoms with Crippen LogP contribution in [-0.2, 0) is 4.79 Å². The van der Waals surface area contributed by atoms with Crippen molar-refractivity contribution >= 4 is 11.6 Å². The highest BCUT2D eigenvalue weighted by Gasteiger charge is 2.12. The predicted molar refractivity (Wildman–Crippen MR) is 78.7 cm³/mol. The van der Waals surface area contributed by atoms with E-state index in [9.17, 15) is 4.79 Å². The van der Waals surface area contributed by atoms with Crippen LogP contribution in [-0.4, -0.2) is 45.1 Å². The molecule has 108 valence electrons. The summed E-state index contributed by atoms with van der Waals surface area (Å²) in [7, 11) is 5.29. The van der Waals surface area contributed by atoms with Crippen LogP contribution in [0.2, 0.25) is 0 Å². The van der Waals surface area contributed by atoms with Gasteiger partial charge in [-0.3, -0.25) is 4.79 Å². The maximum absolute atomic E-state index is 11.9. The molecule has 0 aromatic heterocycles. The zero-order valence-electron chi connectivity index (χ0n) is 12.3. The molecule has 0 spiro atoms. The molecular weight excluding hydrogens is 254 g/mol. The second kappa shape index (κ2) is 8.05. The molecule has 0 saturated carbocycles. The molecule has 1 aromatic rings. The van der Waals surface area contributed by atoms with Gasteiger partial charge < -0.3 is 14.5 Å². The summed E-state index contributed by atoms with van der Waals surface area (Å²) in [5.41, 5.74) is 0.961. The van der Waals surface area contributed by atoms with Gasteiger partial charge in [0.15, 0.2) is 0 Å². The van der Waals surface area contributed by atoms with E-state index in [1.165, 1.54) is 0 Å². The maximum Gasteiger partial charge on any atom is 0.224 e. The van der Waals surface area contributed by atoms with Crippen molar-refractivity contribution in [3.63, 3.8) is 0 Å². The van der Waals surface area contributed by atoms with Crippen LogP contribution in [0.1, 0.15) is 12.8 Å². The monoisotopic (exact) mass is 275 g/mol. The zero-order valence-corrected chi connectivity index (χ0v) is 12.3. The molecule has 0 aliphatic heterocycles. The maximum atomic E-state index is 11.9. The molecule has 0 atom stereocenters. The molecule has 5 heteroatoms. The Kier molecular flexibility index (Phi) is 6.38. The number of ether oxygens (including phenoxy) is 1. The zero-order chi connectivity index (χ0) is 15.0. The molecule has 0 saturated heterocycles. The van der Waals surface area contributed by atoms with Crippen molar-refractivity contribution in [2.45, 2.75) is 12.8 Å². The molecule has 0 radical (unpaired) electrons. The number of carbonyl (C=O) groups excluding carboxylic acids is 1. The first-order chi connectivity index (χ1) is 9.60. The summed E-state index contributed by atoms with van der Waals surface area (Å²) < 4.78 is 5.30. The van der Waals surface area contributed by atoms with Gasteiger partial charge in [-0.2, -0.15) is 5.26 Å². The number of rotatable bonds is 7. The molecule has 0 bridgehead atoms. The Labute approximate surface area is 120 Å². The molecule has 0 aliphatic rings. The van der Waals surface area contributed by atoms with E-state index in [0.717, 1.165) is 11.4 Å². The third-order valence-corrected chi connectivity index (χ3v) is 3.14. The van der Waals surface area contributed by atoms with Crippen molar-refractivity contribution in [2.75, 3.05) is 39.2 Å². The molecule has 0 N–H and O–H groups in total. The Hall–Kier alpha value is -2.22. The van der Waals surface area contributed by atoms with Gasteiger partial charge in [0, 0.05) is 33.6 Å². The first-order valence-electron chi connectivity index (χ1n) is 6.55. The summed E-state index contributed by atoms with van der Waals surface area (Å²) in [6.07, 6.45) is 0.779. The highest BCUT2D eigenvalue weighted by molar-refractivity contribution is 5.76. The van der Waals surface area contributed by atoms with Gasteiger partial charge in [0.05, 0.1) is 25.3 Å². The largest absolute Gasteiger partial charge is 0.495 e. The molecule has 1 aromatic carbocycles. The summed E-state index contributed by atoms with van der Waals surface area (Å²) in [5, 5.41) is 8.51. The number of methoxy groups -OCH3 is 1. The van der Waals surface area contributed by atoms with Gasteiger partial charge in [-0.15, -0.1) is 0 Å². The summed E-state index contributed by atoms with van der Waals surface area (Å²) >= 11 is 0. The summed E-state index contributed by atoms with van der Waals surface area (Å²) in [6.45, 7) is 1.09. The Bertz CT molecular complexity index is 482. The number of hydrogen-bond donors (Lipinski definition) is 0. The lowest BCUT2D eigenvalue weighted by molar-refractivity contribution is -0.129. The van der Waals surface area contributed by atoms with Gasteiger partial charge >= 0.3 is 0 Å². The summed E-state index contributed by atoms with van der Waals surface area (Å²) in [4.78, 5) is 15.5. The van der Waals surface area contributed by atoms with E-state index >= 15 is 0 Å². The first-order valence-corrected chi connectivity index (χ1v) is 6.55. The molecule has 0 aliphatic carbocycles. The fourth-order valence-corrected chi connectivity index (χ4v) is 1.86. The smallest absolute Gasteiger partial charge is 0.224 e. The number of hydrogen-bond acceptors (Lipinski definition) is 4. The molecule has 1 amide bonds. The fourth-order valence-electron chi connectivity index (χ4n) is 1.86. The Balaban J connectivity index is 2.53. The number of para-hydroxylation sites is 2. The van der Waals surface area contributed by atoms with Crippen molar-refractivity contribution < 1.29 is 9.53 Å². The standard InChI is InChI=1S/C15H21N3O2/c1-17(13-7-4-5-8-14(13)20-3)12-9-15(19)18(2)11-6-10-16/h4-5,7-8H,6,9,11-12H2,1-3H3. The molecular formula is C15H21N3O2. The Morgan fingerprint density at radius 2 is 2.00 bits per heavy atom. The van der Waals surface area contributed by atoms with Gasteiger partial charge in [-0.1, -0.05) is 12.1 Å². The van der Waals surface area contributed by atoms with Gasteiger partial charge in [0.2, 0.25) is 5.91 Å². The van der Waals surface area contributed by atoms with Gasteiger partial charge in [0.25, 0.3) is 0 Å². The van der Waals surface area contributed by atoms with E-state index in [4.69, 9.17) is 10.00 Å². The number of benzene rings is 1. The van der Waals surface area contributed by atoms with E-state index in [1.807, 2.05) is 42.3 Å². The van der Waals surface area contributed by atoms with Crippen molar-refractivity contribution in [3.05, 3.63) is 24.3 Å². The van der Waals surface area contributed by atoms with Crippen molar-refractivity contribution in [3.8, 4) is 11.8 Å². The molecule has 20 heavy (non-hydrogen) atoms. The van der Waals surface area contributed by atoms with Gasteiger partial charge in [-0.05, 0) is 12.1 Å². The second-order valence-corrected chi connectivity index (χ2v) is 4.57. The highest BCUT2D eigenvalue weighted by atomic mass is 16.5. The summed E-state index contributed by atoms with van der Waals surface area (Å²) in [6, 6.07) is 9.75. The molecule has 0 fully saturated rings. The first kappa shape index (κ1) is 15.8. The molecule has 0 heterocycles. The third kappa shape index (κ3) is 4.47. The predicted octanol–water partition coefficient (Wildman–Crippen LogP) is 1.89. The van der Waals surface area contributed by atoms with Crippen molar-refractivity contribution in [2.24, 2.45) is 0 Å². The van der Waals surface area contributed by atoms with Crippen molar-refractivity contribution in [1.29, 1.82) is 5.26 Å². The lowest BCUT2D eigenvalue weighted by atomic mass is 10.2. The molecule has 5 nitrogen and oxygen atoms in total. The van der Waals surface area contributed by atoms with E-state index in [0.29, 0.717) is 25.9 Å². The SMILES string of the molecule is COc1ccccc1N(C)CCC(=O)N(C)CCC#N. The molecule has 0 unspecified atom stereocenters.